The fourth-order valence-corrected chi connectivity index (χ4v) is 3.92. The fraction of sp³-hybridized carbons (Fsp3) is 0.143. The van der Waals surface area contributed by atoms with Gasteiger partial charge in [0.15, 0.2) is 5.78 Å². The molecule has 2 aromatic carbocycles. The monoisotopic (exact) mass is 346 g/mol. The standard InChI is InChI=1S/C21H18N2OS/c1-14-13-25-21-18(14)12-22-19(23-21)11-15-7-9-17(10-8-15)20(24)16-5-3-2-4-6-16/h2-10,13H,11-12H2,1H3,(H,22,23). The molecular weight excluding hydrogens is 328 g/mol. The van der Waals surface area contributed by atoms with Gasteiger partial charge < -0.3 is 5.32 Å². The van der Waals surface area contributed by atoms with Crippen LogP contribution in [0.25, 0.3) is 0 Å². The van der Waals surface area contributed by atoms with Crippen molar-refractivity contribution in [3.63, 3.8) is 0 Å². The van der Waals surface area contributed by atoms with Crippen molar-refractivity contribution in [2.75, 3.05) is 5.32 Å². The number of aliphatic imine (C=N–C) groups is 1. The number of carbonyl (C=O) groups is 1. The highest BCUT2D eigenvalue weighted by atomic mass is 32.1. The third-order valence-electron chi connectivity index (χ3n) is 4.41. The molecule has 0 spiro atoms. The molecule has 0 bridgehead atoms. The highest BCUT2D eigenvalue weighted by molar-refractivity contribution is 7.14. The molecule has 0 fully saturated rings. The quantitative estimate of drug-likeness (QED) is 0.686. The number of anilines is 1. The Balaban J connectivity index is 1.46. The van der Waals surface area contributed by atoms with Gasteiger partial charge in [0, 0.05) is 23.1 Å². The Bertz CT molecular complexity index is 940. The summed E-state index contributed by atoms with van der Waals surface area (Å²) in [5, 5.41) is 6.80. The van der Waals surface area contributed by atoms with Crippen molar-refractivity contribution in [2.24, 2.45) is 4.99 Å². The molecule has 3 nitrogen and oxygen atoms in total. The van der Waals surface area contributed by atoms with E-state index in [2.05, 4.69) is 22.6 Å². The molecule has 1 N–H and O–H groups in total. The molecule has 0 atom stereocenters. The van der Waals surface area contributed by atoms with Crippen molar-refractivity contribution in [3.8, 4) is 0 Å². The van der Waals surface area contributed by atoms with Crippen molar-refractivity contribution in [2.45, 2.75) is 19.9 Å². The van der Waals surface area contributed by atoms with Gasteiger partial charge in [0.2, 0.25) is 0 Å². The lowest BCUT2D eigenvalue weighted by Crippen LogP contribution is -2.19. The number of amidine groups is 1. The van der Waals surface area contributed by atoms with Crippen LogP contribution >= 0.6 is 11.3 Å². The Kier molecular flexibility index (Phi) is 4.20. The van der Waals surface area contributed by atoms with Crippen LogP contribution in [0.15, 0.2) is 65.0 Å². The summed E-state index contributed by atoms with van der Waals surface area (Å²) in [5.41, 5.74) is 5.18. The molecule has 1 aliphatic heterocycles. The Morgan fingerprint density at radius 3 is 2.56 bits per heavy atom. The number of aryl methyl sites for hydroxylation is 1. The van der Waals surface area contributed by atoms with E-state index in [9.17, 15) is 4.79 Å². The van der Waals surface area contributed by atoms with Gasteiger partial charge in [-0.15, -0.1) is 11.3 Å². The molecule has 0 radical (unpaired) electrons. The average molecular weight is 346 g/mol. The predicted octanol–water partition coefficient (Wildman–Crippen LogP) is 4.85. The zero-order valence-corrected chi connectivity index (χ0v) is 14.8. The summed E-state index contributed by atoms with van der Waals surface area (Å²) in [6.07, 6.45) is 0.746. The van der Waals surface area contributed by atoms with Crippen molar-refractivity contribution < 1.29 is 4.79 Å². The molecule has 25 heavy (non-hydrogen) atoms. The Labute approximate surface area is 151 Å². The van der Waals surface area contributed by atoms with Crippen molar-refractivity contribution in [3.05, 3.63) is 87.8 Å². The first-order valence-electron chi connectivity index (χ1n) is 8.27. The summed E-state index contributed by atoms with van der Waals surface area (Å²) in [6, 6.07) is 17.2. The number of nitrogens with one attached hydrogen (secondary N) is 1. The maximum absolute atomic E-state index is 12.5. The van der Waals surface area contributed by atoms with Gasteiger partial charge in [0.1, 0.15) is 5.84 Å². The highest BCUT2D eigenvalue weighted by Gasteiger charge is 2.16. The molecule has 3 aromatic rings. The van der Waals surface area contributed by atoms with Crippen LogP contribution in [0.1, 0.15) is 32.6 Å². The van der Waals surface area contributed by atoms with Gasteiger partial charge in [-0.05, 0) is 23.4 Å². The van der Waals surface area contributed by atoms with Crippen molar-refractivity contribution in [1.29, 1.82) is 0 Å². The third-order valence-corrected chi connectivity index (χ3v) is 5.47. The number of hydrogen-bond donors (Lipinski definition) is 1. The van der Waals surface area contributed by atoms with E-state index in [1.807, 2.05) is 54.6 Å². The lowest BCUT2D eigenvalue weighted by molar-refractivity contribution is 0.103. The zero-order valence-electron chi connectivity index (χ0n) is 14.0. The SMILES string of the molecule is Cc1csc2c1CN=C(Cc1ccc(C(=O)c3ccccc3)cc1)N2. The van der Waals surface area contributed by atoms with Gasteiger partial charge in [-0.25, -0.2) is 0 Å². The second-order valence-electron chi connectivity index (χ2n) is 6.18. The molecule has 1 aliphatic rings. The molecule has 2 heterocycles. The maximum Gasteiger partial charge on any atom is 0.193 e. The number of rotatable bonds is 4. The minimum absolute atomic E-state index is 0.0546. The van der Waals surface area contributed by atoms with Gasteiger partial charge in [0.25, 0.3) is 0 Å². The van der Waals surface area contributed by atoms with Crippen LogP contribution in [0.5, 0.6) is 0 Å². The van der Waals surface area contributed by atoms with E-state index in [0.29, 0.717) is 11.1 Å². The summed E-state index contributed by atoms with van der Waals surface area (Å²) < 4.78 is 0. The first-order chi connectivity index (χ1) is 12.2. The molecule has 0 saturated carbocycles. The molecule has 124 valence electrons. The molecule has 0 unspecified atom stereocenters. The van der Waals surface area contributed by atoms with Crippen LogP contribution < -0.4 is 5.32 Å². The number of fused-ring (bicyclic) bond motifs is 1. The van der Waals surface area contributed by atoms with Crippen LogP contribution in [-0.4, -0.2) is 11.6 Å². The number of hydrogen-bond acceptors (Lipinski definition) is 4. The summed E-state index contributed by atoms with van der Waals surface area (Å²) in [7, 11) is 0. The van der Waals surface area contributed by atoms with E-state index < -0.39 is 0 Å². The molecular formula is C21H18N2OS. The Morgan fingerprint density at radius 1 is 1.08 bits per heavy atom. The van der Waals surface area contributed by atoms with E-state index in [1.54, 1.807) is 11.3 Å². The van der Waals surface area contributed by atoms with Gasteiger partial charge in [-0.1, -0.05) is 54.6 Å². The molecule has 0 aliphatic carbocycles. The lowest BCUT2D eigenvalue weighted by Gasteiger charge is -2.16. The molecule has 0 saturated heterocycles. The van der Waals surface area contributed by atoms with E-state index in [0.717, 1.165) is 24.4 Å². The zero-order chi connectivity index (χ0) is 17.2. The first-order valence-corrected chi connectivity index (χ1v) is 9.14. The van der Waals surface area contributed by atoms with E-state index >= 15 is 0 Å². The fourth-order valence-electron chi connectivity index (χ4n) is 2.94. The first kappa shape index (κ1) is 15.8. The average Bonchev–Trinajstić information content (AvgIpc) is 3.03. The van der Waals surface area contributed by atoms with Gasteiger partial charge >= 0.3 is 0 Å². The lowest BCUT2D eigenvalue weighted by atomic mass is 10.0. The molecule has 1 aromatic heterocycles. The summed E-state index contributed by atoms with van der Waals surface area (Å²) in [4.78, 5) is 17.1. The summed E-state index contributed by atoms with van der Waals surface area (Å²) >= 11 is 1.73. The van der Waals surface area contributed by atoms with Crippen molar-refractivity contribution >= 4 is 28.0 Å². The van der Waals surface area contributed by atoms with Crippen LogP contribution in [0.2, 0.25) is 0 Å². The number of ketones is 1. The predicted molar refractivity (Wildman–Crippen MR) is 104 cm³/mol. The van der Waals surface area contributed by atoms with Gasteiger partial charge in [0.05, 0.1) is 11.5 Å². The third kappa shape index (κ3) is 3.26. The largest absolute Gasteiger partial charge is 0.335 e. The minimum atomic E-state index is 0.0546. The highest BCUT2D eigenvalue weighted by Crippen LogP contribution is 2.31. The second kappa shape index (κ2) is 6.65. The number of thiophene rings is 1. The number of nitrogens with zero attached hydrogens (tertiary/aromatic N) is 1. The molecule has 4 heteroatoms. The minimum Gasteiger partial charge on any atom is -0.335 e. The summed E-state index contributed by atoms with van der Waals surface area (Å²) in [6.45, 7) is 2.87. The van der Waals surface area contributed by atoms with E-state index in [1.165, 1.54) is 16.1 Å². The van der Waals surface area contributed by atoms with Crippen LogP contribution in [-0.2, 0) is 13.0 Å². The normalized spacial score (nSPS) is 12.9. The Hall–Kier alpha value is -2.72. The Morgan fingerprint density at radius 2 is 1.80 bits per heavy atom. The van der Waals surface area contributed by atoms with Crippen LogP contribution in [0, 0.1) is 6.92 Å². The topological polar surface area (TPSA) is 41.5 Å². The van der Waals surface area contributed by atoms with Gasteiger partial charge in [-0.2, -0.15) is 0 Å². The molecule has 4 rings (SSSR count). The van der Waals surface area contributed by atoms with Crippen LogP contribution in [0.4, 0.5) is 5.00 Å². The summed E-state index contributed by atoms with van der Waals surface area (Å²) in [5.74, 6) is 1.04. The number of carbonyl (C=O) groups excluding carboxylic acids is 1. The number of benzene rings is 2. The van der Waals surface area contributed by atoms with Gasteiger partial charge in [-0.3, -0.25) is 9.79 Å². The second-order valence-corrected chi connectivity index (χ2v) is 7.06. The van der Waals surface area contributed by atoms with E-state index in [-0.39, 0.29) is 5.78 Å². The maximum atomic E-state index is 12.5. The molecule has 0 amide bonds. The smallest absolute Gasteiger partial charge is 0.193 e. The van der Waals surface area contributed by atoms with Crippen molar-refractivity contribution in [1.82, 2.24) is 0 Å². The van der Waals surface area contributed by atoms with E-state index in [4.69, 9.17) is 0 Å². The van der Waals surface area contributed by atoms with Crippen LogP contribution in [0.3, 0.4) is 0 Å².